The number of aromatic nitrogens is 1. The molecule has 0 aliphatic rings. The second-order valence-corrected chi connectivity index (χ2v) is 6.25. The van der Waals surface area contributed by atoms with Crippen LogP contribution < -0.4 is 10.2 Å². The van der Waals surface area contributed by atoms with E-state index in [0.29, 0.717) is 22.0 Å². The molecule has 0 radical (unpaired) electrons. The molecule has 0 fully saturated rings. The van der Waals surface area contributed by atoms with Crippen LogP contribution >= 0.6 is 11.6 Å². The molecule has 2 aromatic rings. The predicted octanol–water partition coefficient (Wildman–Crippen LogP) is 4.72. The van der Waals surface area contributed by atoms with Crippen LogP contribution in [0.5, 0.6) is 0 Å². The van der Waals surface area contributed by atoms with E-state index in [1.165, 1.54) is 0 Å². The van der Waals surface area contributed by atoms with Gasteiger partial charge in [0.15, 0.2) is 0 Å². The fraction of sp³-hybridized carbons (Fsp3) is 0.333. The second-order valence-electron chi connectivity index (χ2n) is 5.84. The molecule has 0 spiro atoms. The maximum atomic E-state index is 11.1. The van der Waals surface area contributed by atoms with Gasteiger partial charge in [0, 0.05) is 18.3 Å². The van der Waals surface area contributed by atoms with Gasteiger partial charge in [-0.05, 0) is 63.6 Å². The lowest BCUT2D eigenvalue weighted by atomic mass is 10.1. The zero-order chi connectivity index (χ0) is 17.9. The number of anilines is 3. The molecule has 1 aromatic heterocycles. The largest absolute Gasteiger partial charge is 0.478 e. The van der Waals surface area contributed by atoms with Crippen LogP contribution in [-0.4, -0.2) is 28.6 Å². The van der Waals surface area contributed by atoms with E-state index in [2.05, 4.69) is 36.0 Å². The third-order valence-electron chi connectivity index (χ3n) is 3.79. The minimum Gasteiger partial charge on any atom is -0.478 e. The first-order valence-corrected chi connectivity index (χ1v) is 8.25. The van der Waals surface area contributed by atoms with Gasteiger partial charge in [0.1, 0.15) is 11.6 Å². The highest BCUT2D eigenvalue weighted by atomic mass is 35.5. The van der Waals surface area contributed by atoms with E-state index >= 15 is 0 Å². The van der Waals surface area contributed by atoms with Gasteiger partial charge in [-0.15, -0.1) is 0 Å². The van der Waals surface area contributed by atoms with Crippen molar-refractivity contribution in [2.24, 2.45) is 0 Å². The summed E-state index contributed by atoms with van der Waals surface area (Å²) in [5.41, 5.74) is 1.77. The van der Waals surface area contributed by atoms with Crippen molar-refractivity contribution >= 4 is 34.9 Å². The number of carboxylic acid groups (broad SMARTS) is 1. The third-order valence-corrected chi connectivity index (χ3v) is 4.09. The standard InChI is InChI=1S/C18H22ClN3O2/c1-5-22(11(2)3)17-15(19)8-9-16(21-17)20-13-6-7-14(18(23)24)12(4)10-13/h6-11H,5H2,1-4H3,(H,20,21)(H,23,24). The van der Waals surface area contributed by atoms with Gasteiger partial charge in [0.25, 0.3) is 0 Å². The van der Waals surface area contributed by atoms with Gasteiger partial charge in [-0.1, -0.05) is 11.6 Å². The monoisotopic (exact) mass is 347 g/mol. The van der Waals surface area contributed by atoms with Gasteiger partial charge in [0.05, 0.1) is 10.6 Å². The second kappa shape index (κ2) is 7.53. The summed E-state index contributed by atoms with van der Waals surface area (Å²) in [5.74, 6) is 0.468. The molecule has 2 N–H and O–H groups in total. The number of nitrogens with one attached hydrogen (secondary N) is 1. The van der Waals surface area contributed by atoms with Gasteiger partial charge in [-0.25, -0.2) is 9.78 Å². The number of halogens is 1. The van der Waals surface area contributed by atoms with Gasteiger partial charge in [0.2, 0.25) is 0 Å². The zero-order valence-corrected chi connectivity index (χ0v) is 15.1. The van der Waals surface area contributed by atoms with Crippen LogP contribution in [-0.2, 0) is 0 Å². The maximum Gasteiger partial charge on any atom is 0.335 e. The van der Waals surface area contributed by atoms with Crippen LogP contribution in [0.3, 0.4) is 0 Å². The number of benzene rings is 1. The Kier molecular flexibility index (Phi) is 5.67. The van der Waals surface area contributed by atoms with E-state index in [9.17, 15) is 4.79 Å². The first-order chi connectivity index (χ1) is 11.3. The zero-order valence-electron chi connectivity index (χ0n) is 14.3. The molecule has 5 nitrogen and oxygen atoms in total. The Bertz CT molecular complexity index is 747. The summed E-state index contributed by atoms with van der Waals surface area (Å²) in [7, 11) is 0. The SMILES string of the molecule is CCN(c1nc(Nc2ccc(C(=O)O)c(C)c2)ccc1Cl)C(C)C. The van der Waals surface area contributed by atoms with E-state index in [4.69, 9.17) is 16.7 Å². The van der Waals surface area contributed by atoms with Crippen LogP contribution in [0.25, 0.3) is 0 Å². The molecule has 0 aliphatic heterocycles. The molecule has 0 amide bonds. The maximum absolute atomic E-state index is 11.1. The minimum absolute atomic E-state index is 0.285. The van der Waals surface area contributed by atoms with E-state index in [1.807, 2.05) is 6.07 Å². The Morgan fingerprint density at radius 2 is 2.04 bits per heavy atom. The van der Waals surface area contributed by atoms with Crippen molar-refractivity contribution in [1.29, 1.82) is 0 Å². The predicted molar refractivity (Wildman–Crippen MR) is 98.8 cm³/mol. The first kappa shape index (κ1) is 18.1. The lowest BCUT2D eigenvalue weighted by molar-refractivity contribution is 0.0696. The molecule has 1 heterocycles. The van der Waals surface area contributed by atoms with Gasteiger partial charge < -0.3 is 15.3 Å². The Labute approximate surface area is 147 Å². The quantitative estimate of drug-likeness (QED) is 0.791. The summed E-state index contributed by atoms with van der Waals surface area (Å²) in [6, 6.07) is 9.01. The molecule has 0 aliphatic carbocycles. The highest BCUT2D eigenvalue weighted by Gasteiger charge is 2.15. The molecule has 0 bridgehead atoms. The number of carbonyl (C=O) groups is 1. The Hall–Kier alpha value is -2.27. The Morgan fingerprint density at radius 1 is 1.33 bits per heavy atom. The Balaban J connectivity index is 2.31. The molecule has 6 heteroatoms. The summed E-state index contributed by atoms with van der Waals surface area (Å²) in [6.45, 7) is 8.82. The number of aryl methyl sites for hydroxylation is 1. The van der Waals surface area contributed by atoms with Crippen molar-refractivity contribution in [2.45, 2.75) is 33.7 Å². The minimum atomic E-state index is -0.929. The normalized spacial score (nSPS) is 10.8. The van der Waals surface area contributed by atoms with Gasteiger partial charge >= 0.3 is 5.97 Å². The first-order valence-electron chi connectivity index (χ1n) is 7.87. The van der Waals surface area contributed by atoms with Crippen molar-refractivity contribution in [3.63, 3.8) is 0 Å². The molecule has 0 saturated heterocycles. The summed E-state index contributed by atoms with van der Waals surface area (Å²) in [5, 5.41) is 12.9. The molecule has 0 saturated carbocycles. The topological polar surface area (TPSA) is 65.5 Å². The van der Waals surface area contributed by atoms with Crippen LogP contribution in [0, 0.1) is 6.92 Å². The molecule has 128 valence electrons. The van der Waals surface area contributed by atoms with Crippen LogP contribution in [0.15, 0.2) is 30.3 Å². The molecule has 0 unspecified atom stereocenters. The number of pyridine rings is 1. The lowest BCUT2D eigenvalue weighted by Crippen LogP contribution is -2.31. The van der Waals surface area contributed by atoms with E-state index < -0.39 is 5.97 Å². The number of rotatable bonds is 6. The van der Waals surface area contributed by atoms with E-state index in [1.54, 1.807) is 31.2 Å². The summed E-state index contributed by atoms with van der Waals surface area (Å²) in [6.07, 6.45) is 0. The molecule has 1 aromatic carbocycles. The fourth-order valence-corrected chi connectivity index (χ4v) is 2.80. The molecule has 2 rings (SSSR count). The molecular weight excluding hydrogens is 326 g/mol. The number of nitrogens with zero attached hydrogens (tertiary/aromatic N) is 2. The number of aromatic carboxylic acids is 1. The highest BCUT2D eigenvalue weighted by Crippen LogP contribution is 2.28. The molecule has 0 atom stereocenters. The van der Waals surface area contributed by atoms with Crippen LogP contribution in [0.1, 0.15) is 36.7 Å². The lowest BCUT2D eigenvalue weighted by Gasteiger charge is -2.27. The van der Waals surface area contributed by atoms with Crippen molar-refractivity contribution < 1.29 is 9.90 Å². The summed E-state index contributed by atoms with van der Waals surface area (Å²) >= 11 is 6.30. The molecular formula is C18H22ClN3O2. The van der Waals surface area contributed by atoms with Crippen molar-refractivity contribution in [3.05, 3.63) is 46.5 Å². The smallest absolute Gasteiger partial charge is 0.335 e. The van der Waals surface area contributed by atoms with Gasteiger partial charge in [-0.2, -0.15) is 0 Å². The number of carboxylic acids is 1. The third kappa shape index (κ3) is 3.97. The average Bonchev–Trinajstić information content (AvgIpc) is 2.50. The summed E-state index contributed by atoms with van der Waals surface area (Å²) in [4.78, 5) is 17.8. The highest BCUT2D eigenvalue weighted by molar-refractivity contribution is 6.33. The van der Waals surface area contributed by atoms with E-state index in [-0.39, 0.29) is 6.04 Å². The Morgan fingerprint density at radius 3 is 2.58 bits per heavy atom. The average molecular weight is 348 g/mol. The molecule has 24 heavy (non-hydrogen) atoms. The fourth-order valence-electron chi connectivity index (χ4n) is 2.59. The number of hydrogen-bond donors (Lipinski definition) is 2. The van der Waals surface area contributed by atoms with E-state index in [0.717, 1.165) is 18.1 Å². The van der Waals surface area contributed by atoms with Crippen LogP contribution in [0.2, 0.25) is 5.02 Å². The number of hydrogen-bond acceptors (Lipinski definition) is 4. The van der Waals surface area contributed by atoms with Crippen molar-refractivity contribution in [2.75, 3.05) is 16.8 Å². The van der Waals surface area contributed by atoms with Crippen molar-refractivity contribution in [3.8, 4) is 0 Å². The van der Waals surface area contributed by atoms with Gasteiger partial charge in [-0.3, -0.25) is 0 Å². The summed E-state index contributed by atoms with van der Waals surface area (Å²) < 4.78 is 0. The van der Waals surface area contributed by atoms with Crippen LogP contribution in [0.4, 0.5) is 17.3 Å². The van der Waals surface area contributed by atoms with Crippen molar-refractivity contribution in [1.82, 2.24) is 4.98 Å².